The van der Waals surface area contributed by atoms with E-state index in [4.69, 9.17) is 14.2 Å². The molecule has 1 rings (SSSR count). The molecule has 0 saturated carbocycles. The summed E-state index contributed by atoms with van der Waals surface area (Å²) in [7, 11) is 4.59. The third-order valence-electron chi connectivity index (χ3n) is 3.02. The third kappa shape index (κ3) is 5.12. The van der Waals surface area contributed by atoms with Crippen LogP contribution in [0.15, 0.2) is 12.1 Å². The molecule has 6 heteroatoms. The van der Waals surface area contributed by atoms with E-state index in [2.05, 4.69) is 21.2 Å². The molecule has 0 radical (unpaired) electrons. The number of hydrogen-bond acceptors (Lipinski definition) is 4. The quantitative estimate of drug-likeness (QED) is 0.543. The molecule has 0 aliphatic carbocycles. The molecule has 0 aliphatic heterocycles. The first-order valence-electron chi connectivity index (χ1n) is 6.82. The number of carbonyl (C=O) groups is 1. The number of methoxy groups -OCH3 is 3. The predicted octanol–water partition coefficient (Wildman–Crippen LogP) is 3.01. The first kappa shape index (κ1) is 17.6. The van der Waals surface area contributed by atoms with Gasteiger partial charge >= 0.3 is 0 Å². The number of halogens is 1. The highest BCUT2D eigenvalue weighted by atomic mass is 79.9. The zero-order valence-corrected chi connectivity index (χ0v) is 14.3. The SMILES string of the molecule is COc1cc(C(=O)NCCCCCBr)cc(OC)c1OC. The van der Waals surface area contributed by atoms with Crippen LogP contribution < -0.4 is 19.5 Å². The second-order valence-electron chi connectivity index (χ2n) is 4.42. The molecule has 0 spiro atoms. The van der Waals surface area contributed by atoms with Crippen molar-refractivity contribution in [2.45, 2.75) is 19.3 Å². The monoisotopic (exact) mass is 359 g/mol. The summed E-state index contributed by atoms with van der Waals surface area (Å²) in [4.78, 5) is 12.1. The molecule has 0 aliphatic rings. The van der Waals surface area contributed by atoms with Crippen LogP contribution in [-0.4, -0.2) is 39.1 Å². The Bertz CT molecular complexity index is 440. The maximum absolute atomic E-state index is 12.1. The minimum Gasteiger partial charge on any atom is -0.493 e. The lowest BCUT2D eigenvalue weighted by molar-refractivity contribution is 0.0952. The Labute approximate surface area is 134 Å². The van der Waals surface area contributed by atoms with Crippen molar-refractivity contribution in [2.75, 3.05) is 33.2 Å². The lowest BCUT2D eigenvalue weighted by Gasteiger charge is -2.14. The molecule has 0 bridgehead atoms. The fourth-order valence-corrected chi connectivity index (χ4v) is 2.31. The van der Waals surface area contributed by atoms with Crippen LogP contribution in [0.2, 0.25) is 0 Å². The highest BCUT2D eigenvalue weighted by Crippen LogP contribution is 2.38. The summed E-state index contributed by atoms with van der Waals surface area (Å²) in [6.45, 7) is 0.655. The van der Waals surface area contributed by atoms with Gasteiger partial charge < -0.3 is 19.5 Å². The molecule has 1 amide bonds. The summed E-state index contributed by atoms with van der Waals surface area (Å²) in [6, 6.07) is 3.30. The second kappa shape index (κ2) is 9.50. The van der Waals surface area contributed by atoms with E-state index >= 15 is 0 Å². The Morgan fingerprint density at radius 3 is 2.14 bits per heavy atom. The summed E-state index contributed by atoms with van der Waals surface area (Å²) in [5.74, 6) is 1.28. The van der Waals surface area contributed by atoms with Crippen LogP contribution in [-0.2, 0) is 0 Å². The van der Waals surface area contributed by atoms with Gasteiger partial charge in [-0.25, -0.2) is 0 Å². The maximum Gasteiger partial charge on any atom is 0.251 e. The van der Waals surface area contributed by atoms with E-state index < -0.39 is 0 Å². The molecule has 0 fully saturated rings. The summed E-state index contributed by atoms with van der Waals surface area (Å²) in [5.41, 5.74) is 0.491. The Hall–Kier alpha value is -1.43. The van der Waals surface area contributed by atoms with E-state index in [0.29, 0.717) is 29.4 Å². The van der Waals surface area contributed by atoms with Gasteiger partial charge in [-0.3, -0.25) is 4.79 Å². The van der Waals surface area contributed by atoms with Crippen molar-refractivity contribution in [3.05, 3.63) is 17.7 Å². The van der Waals surface area contributed by atoms with E-state index in [0.717, 1.165) is 24.6 Å². The molecular weight excluding hydrogens is 338 g/mol. The van der Waals surface area contributed by atoms with Gasteiger partial charge in [0.25, 0.3) is 5.91 Å². The summed E-state index contributed by atoms with van der Waals surface area (Å²) in [5, 5.41) is 3.89. The average molecular weight is 360 g/mol. The van der Waals surface area contributed by atoms with Crippen LogP contribution in [0.25, 0.3) is 0 Å². The van der Waals surface area contributed by atoms with E-state index in [1.807, 2.05) is 0 Å². The zero-order chi connectivity index (χ0) is 15.7. The van der Waals surface area contributed by atoms with Crippen molar-refractivity contribution < 1.29 is 19.0 Å². The molecule has 5 nitrogen and oxygen atoms in total. The number of unbranched alkanes of at least 4 members (excludes halogenated alkanes) is 2. The molecule has 118 valence electrons. The van der Waals surface area contributed by atoms with Gasteiger partial charge in [0.2, 0.25) is 5.75 Å². The molecule has 0 saturated heterocycles. The number of amides is 1. The first-order chi connectivity index (χ1) is 10.2. The number of benzene rings is 1. The smallest absolute Gasteiger partial charge is 0.251 e. The molecular formula is C15H22BrNO4. The largest absolute Gasteiger partial charge is 0.493 e. The van der Waals surface area contributed by atoms with Crippen molar-refractivity contribution in [3.8, 4) is 17.2 Å². The average Bonchev–Trinajstić information content (AvgIpc) is 2.52. The zero-order valence-electron chi connectivity index (χ0n) is 12.7. The maximum atomic E-state index is 12.1. The van der Waals surface area contributed by atoms with E-state index in [-0.39, 0.29) is 5.91 Å². The highest BCUT2D eigenvalue weighted by molar-refractivity contribution is 9.09. The van der Waals surface area contributed by atoms with Crippen molar-refractivity contribution in [1.82, 2.24) is 5.32 Å². The minimum atomic E-state index is -0.145. The standard InChI is InChI=1S/C15H22BrNO4/c1-19-12-9-11(10-13(20-2)14(12)21-3)15(18)17-8-6-4-5-7-16/h9-10H,4-8H2,1-3H3,(H,17,18). The molecule has 0 aromatic heterocycles. The Kier molecular flexibility index (Phi) is 7.97. The third-order valence-corrected chi connectivity index (χ3v) is 3.58. The molecule has 0 unspecified atom stereocenters. The Morgan fingerprint density at radius 2 is 1.67 bits per heavy atom. The predicted molar refractivity (Wildman–Crippen MR) is 86.1 cm³/mol. The number of hydrogen-bond donors (Lipinski definition) is 1. The van der Waals surface area contributed by atoms with Crippen LogP contribution >= 0.6 is 15.9 Å². The van der Waals surface area contributed by atoms with E-state index in [1.165, 1.54) is 21.3 Å². The number of nitrogens with one attached hydrogen (secondary N) is 1. The van der Waals surface area contributed by atoms with Gasteiger partial charge in [-0.15, -0.1) is 0 Å². The van der Waals surface area contributed by atoms with Crippen molar-refractivity contribution >= 4 is 21.8 Å². The normalized spacial score (nSPS) is 10.1. The summed E-state index contributed by atoms with van der Waals surface area (Å²) in [6.07, 6.45) is 3.16. The van der Waals surface area contributed by atoms with Gasteiger partial charge in [-0.2, -0.15) is 0 Å². The van der Waals surface area contributed by atoms with Gasteiger partial charge in [0.15, 0.2) is 11.5 Å². The Balaban J connectivity index is 2.75. The fraction of sp³-hybridized carbons (Fsp3) is 0.533. The number of carbonyl (C=O) groups excluding carboxylic acids is 1. The molecule has 0 heterocycles. The molecule has 1 aromatic rings. The van der Waals surface area contributed by atoms with Gasteiger partial charge in [-0.1, -0.05) is 22.4 Å². The fourth-order valence-electron chi connectivity index (χ4n) is 1.91. The van der Waals surface area contributed by atoms with E-state index in [1.54, 1.807) is 12.1 Å². The molecule has 1 aromatic carbocycles. The van der Waals surface area contributed by atoms with E-state index in [9.17, 15) is 4.79 Å². The second-order valence-corrected chi connectivity index (χ2v) is 5.21. The van der Waals surface area contributed by atoms with Crippen molar-refractivity contribution in [3.63, 3.8) is 0 Å². The van der Waals surface area contributed by atoms with Crippen molar-refractivity contribution in [2.24, 2.45) is 0 Å². The first-order valence-corrected chi connectivity index (χ1v) is 7.94. The summed E-state index contributed by atoms with van der Waals surface area (Å²) >= 11 is 3.39. The minimum absolute atomic E-state index is 0.145. The van der Waals surface area contributed by atoms with Crippen molar-refractivity contribution in [1.29, 1.82) is 0 Å². The van der Waals surface area contributed by atoms with Crippen LogP contribution in [0.1, 0.15) is 29.6 Å². The Morgan fingerprint density at radius 1 is 1.05 bits per heavy atom. The van der Waals surface area contributed by atoms with Gasteiger partial charge in [-0.05, 0) is 25.0 Å². The highest BCUT2D eigenvalue weighted by Gasteiger charge is 2.16. The van der Waals surface area contributed by atoms with Gasteiger partial charge in [0, 0.05) is 17.4 Å². The van der Waals surface area contributed by atoms with Gasteiger partial charge in [0.1, 0.15) is 0 Å². The number of rotatable bonds is 9. The van der Waals surface area contributed by atoms with Crippen LogP contribution in [0.4, 0.5) is 0 Å². The topological polar surface area (TPSA) is 56.8 Å². The molecule has 21 heavy (non-hydrogen) atoms. The van der Waals surface area contributed by atoms with Crippen LogP contribution in [0, 0.1) is 0 Å². The lowest BCUT2D eigenvalue weighted by Crippen LogP contribution is -2.24. The van der Waals surface area contributed by atoms with Crippen LogP contribution in [0.5, 0.6) is 17.2 Å². The van der Waals surface area contributed by atoms with Gasteiger partial charge in [0.05, 0.1) is 21.3 Å². The number of alkyl halides is 1. The molecule has 0 atom stereocenters. The molecule has 1 N–H and O–H groups in total. The number of ether oxygens (including phenoxy) is 3. The van der Waals surface area contributed by atoms with Crippen LogP contribution in [0.3, 0.4) is 0 Å². The summed E-state index contributed by atoms with van der Waals surface area (Å²) < 4.78 is 15.7. The lowest BCUT2D eigenvalue weighted by atomic mass is 10.1.